The van der Waals surface area contributed by atoms with Gasteiger partial charge in [0.1, 0.15) is 6.04 Å². The maximum Gasteiger partial charge on any atom is 0.303 e. The van der Waals surface area contributed by atoms with E-state index in [1.165, 1.54) is 0 Å². The molecule has 2 aromatic heterocycles. The molecule has 2 N–H and O–H groups in total. The van der Waals surface area contributed by atoms with Gasteiger partial charge in [0, 0.05) is 19.3 Å². The quantitative estimate of drug-likeness (QED) is 0.668. The molecule has 144 valence electrons. The van der Waals surface area contributed by atoms with Crippen LogP contribution >= 0.6 is 0 Å². The van der Waals surface area contributed by atoms with E-state index in [4.69, 9.17) is 9.63 Å². The van der Waals surface area contributed by atoms with Crippen molar-refractivity contribution in [3.8, 4) is 0 Å². The standard InChI is InChI=1S/C19H19N5O4/c25-17(6-7-18(26)27)24-10-14-13(20-11-21-14)9-15(24)19-22-16(23-28-19)8-12-4-2-1-3-5-12/h1-5,11,15H,6-10H2,(H,20,21)(H,26,27)/t15-/m0/s1. The molecule has 1 atom stereocenters. The van der Waals surface area contributed by atoms with Crippen LogP contribution in [-0.2, 0) is 29.0 Å². The molecule has 3 heterocycles. The first-order chi connectivity index (χ1) is 13.6. The van der Waals surface area contributed by atoms with Crippen molar-refractivity contribution in [2.75, 3.05) is 0 Å². The molecule has 0 fully saturated rings. The zero-order chi connectivity index (χ0) is 19.5. The highest BCUT2D eigenvalue weighted by Crippen LogP contribution is 2.31. The second-order valence-corrected chi connectivity index (χ2v) is 6.67. The van der Waals surface area contributed by atoms with Crippen LogP contribution in [0.3, 0.4) is 0 Å². The van der Waals surface area contributed by atoms with Gasteiger partial charge >= 0.3 is 5.97 Å². The van der Waals surface area contributed by atoms with Crippen molar-refractivity contribution in [2.45, 2.75) is 38.3 Å². The summed E-state index contributed by atoms with van der Waals surface area (Å²) in [5.41, 5.74) is 2.74. The fraction of sp³-hybridized carbons (Fsp3) is 0.316. The number of H-pyrrole nitrogens is 1. The molecule has 1 aromatic carbocycles. The van der Waals surface area contributed by atoms with Crippen molar-refractivity contribution < 1.29 is 19.2 Å². The van der Waals surface area contributed by atoms with Gasteiger partial charge in [-0.05, 0) is 5.56 Å². The molecule has 0 radical (unpaired) electrons. The number of nitrogens with zero attached hydrogens (tertiary/aromatic N) is 4. The lowest BCUT2D eigenvalue weighted by molar-refractivity contribution is -0.142. The van der Waals surface area contributed by atoms with Gasteiger partial charge in [-0.25, -0.2) is 4.98 Å². The van der Waals surface area contributed by atoms with Crippen LogP contribution in [-0.4, -0.2) is 42.0 Å². The average molecular weight is 381 g/mol. The Morgan fingerprint density at radius 1 is 1.25 bits per heavy atom. The molecule has 28 heavy (non-hydrogen) atoms. The van der Waals surface area contributed by atoms with Gasteiger partial charge in [-0.15, -0.1) is 0 Å². The number of carboxylic acid groups (broad SMARTS) is 1. The molecule has 1 aliphatic heterocycles. The highest BCUT2D eigenvalue weighted by Gasteiger charge is 2.35. The number of hydrogen-bond acceptors (Lipinski definition) is 6. The number of aromatic amines is 1. The summed E-state index contributed by atoms with van der Waals surface area (Å²) in [6, 6.07) is 9.32. The Kier molecular flexibility index (Phi) is 4.88. The van der Waals surface area contributed by atoms with Gasteiger partial charge in [0.05, 0.1) is 30.7 Å². The molecule has 9 nitrogen and oxygen atoms in total. The van der Waals surface area contributed by atoms with Gasteiger partial charge in [0.25, 0.3) is 0 Å². The van der Waals surface area contributed by atoms with E-state index >= 15 is 0 Å². The number of benzene rings is 1. The summed E-state index contributed by atoms with van der Waals surface area (Å²) in [4.78, 5) is 36.9. The van der Waals surface area contributed by atoms with Gasteiger partial charge in [0.15, 0.2) is 5.82 Å². The molecule has 3 aromatic rings. The summed E-state index contributed by atoms with van der Waals surface area (Å²) in [6.07, 6.45) is 2.24. The van der Waals surface area contributed by atoms with Crippen LogP contribution in [0.15, 0.2) is 41.2 Å². The number of aromatic nitrogens is 4. The number of hydrogen-bond donors (Lipinski definition) is 2. The number of rotatable bonds is 6. The number of fused-ring (bicyclic) bond motifs is 1. The first kappa shape index (κ1) is 17.9. The molecule has 0 spiro atoms. The van der Waals surface area contributed by atoms with E-state index in [0.29, 0.717) is 31.1 Å². The van der Waals surface area contributed by atoms with Crippen molar-refractivity contribution in [2.24, 2.45) is 0 Å². The number of imidazole rings is 1. The van der Waals surface area contributed by atoms with E-state index in [9.17, 15) is 9.59 Å². The van der Waals surface area contributed by atoms with Crippen molar-refractivity contribution >= 4 is 11.9 Å². The SMILES string of the molecule is O=C(O)CCC(=O)N1Cc2[nH]cnc2C[C@H]1c1nc(Cc2ccccc2)no1. The van der Waals surface area contributed by atoms with Gasteiger partial charge in [-0.2, -0.15) is 4.98 Å². The third-order valence-electron chi connectivity index (χ3n) is 4.75. The Balaban J connectivity index is 1.56. The molecule has 0 unspecified atom stereocenters. The molecular formula is C19H19N5O4. The van der Waals surface area contributed by atoms with Crippen LogP contribution in [0.2, 0.25) is 0 Å². The second-order valence-electron chi connectivity index (χ2n) is 6.67. The van der Waals surface area contributed by atoms with Crippen LogP contribution < -0.4 is 0 Å². The smallest absolute Gasteiger partial charge is 0.303 e. The lowest BCUT2D eigenvalue weighted by Crippen LogP contribution is -2.39. The molecule has 0 bridgehead atoms. The number of nitrogens with one attached hydrogen (secondary N) is 1. The minimum absolute atomic E-state index is 0.0830. The largest absolute Gasteiger partial charge is 0.481 e. The van der Waals surface area contributed by atoms with Crippen LogP contribution in [0.25, 0.3) is 0 Å². The summed E-state index contributed by atoms with van der Waals surface area (Å²) < 4.78 is 5.46. The van der Waals surface area contributed by atoms with Crippen molar-refractivity contribution in [3.05, 3.63) is 65.3 Å². The highest BCUT2D eigenvalue weighted by atomic mass is 16.5. The Morgan fingerprint density at radius 3 is 2.86 bits per heavy atom. The first-order valence-corrected chi connectivity index (χ1v) is 8.99. The maximum atomic E-state index is 12.7. The fourth-order valence-corrected chi connectivity index (χ4v) is 3.33. The molecule has 0 aliphatic carbocycles. The summed E-state index contributed by atoms with van der Waals surface area (Å²) >= 11 is 0. The Bertz CT molecular complexity index is 981. The molecule has 4 rings (SSSR count). The van der Waals surface area contributed by atoms with Gasteiger partial charge in [-0.1, -0.05) is 35.5 Å². The molecule has 1 aliphatic rings. The predicted octanol–water partition coefficient (Wildman–Crippen LogP) is 1.87. The lowest BCUT2D eigenvalue weighted by atomic mass is 10.0. The average Bonchev–Trinajstić information content (AvgIpc) is 3.34. The van der Waals surface area contributed by atoms with E-state index in [-0.39, 0.29) is 18.7 Å². The minimum Gasteiger partial charge on any atom is -0.481 e. The number of carbonyl (C=O) groups excluding carboxylic acids is 1. The van der Waals surface area contributed by atoms with Crippen molar-refractivity contribution in [1.29, 1.82) is 0 Å². The predicted molar refractivity (Wildman–Crippen MR) is 96.0 cm³/mol. The minimum atomic E-state index is -1.01. The van der Waals surface area contributed by atoms with Crippen LogP contribution in [0.1, 0.15) is 47.5 Å². The van der Waals surface area contributed by atoms with Gasteiger partial charge in [0.2, 0.25) is 11.8 Å². The maximum absolute atomic E-state index is 12.7. The van der Waals surface area contributed by atoms with Crippen LogP contribution in [0.4, 0.5) is 0 Å². The van der Waals surface area contributed by atoms with Gasteiger partial charge < -0.3 is 19.5 Å². The number of aliphatic carboxylic acids is 1. The monoisotopic (exact) mass is 381 g/mol. The number of amides is 1. The van der Waals surface area contributed by atoms with Crippen molar-refractivity contribution in [1.82, 2.24) is 25.0 Å². The van der Waals surface area contributed by atoms with E-state index < -0.39 is 12.0 Å². The van der Waals surface area contributed by atoms with E-state index in [0.717, 1.165) is 17.0 Å². The lowest BCUT2D eigenvalue weighted by Gasteiger charge is -2.32. The van der Waals surface area contributed by atoms with Crippen molar-refractivity contribution in [3.63, 3.8) is 0 Å². The van der Waals surface area contributed by atoms with Crippen LogP contribution in [0.5, 0.6) is 0 Å². The molecular weight excluding hydrogens is 362 g/mol. The number of carboxylic acids is 1. The summed E-state index contributed by atoms with van der Waals surface area (Å²) in [5, 5.41) is 12.9. The first-order valence-electron chi connectivity index (χ1n) is 8.99. The summed E-state index contributed by atoms with van der Waals surface area (Å²) in [5.74, 6) is -0.405. The van der Waals surface area contributed by atoms with E-state index in [1.54, 1.807) is 11.2 Å². The zero-order valence-corrected chi connectivity index (χ0v) is 15.0. The fourth-order valence-electron chi connectivity index (χ4n) is 3.33. The summed E-state index contributed by atoms with van der Waals surface area (Å²) in [7, 11) is 0. The zero-order valence-electron chi connectivity index (χ0n) is 15.0. The highest BCUT2D eigenvalue weighted by molar-refractivity contribution is 5.81. The normalized spacial score (nSPS) is 16.0. The second kappa shape index (κ2) is 7.63. The number of carbonyl (C=O) groups is 2. The Labute approximate surface area is 160 Å². The Morgan fingerprint density at radius 2 is 2.07 bits per heavy atom. The molecule has 0 saturated carbocycles. The van der Waals surface area contributed by atoms with E-state index in [2.05, 4.69) is 20.1 Å². The summed E-state index contributed by atoms with van der Waals surface area (Å²) in [6.45, 7) is 0.300. The Hall–Kier alpha value is -3.49. The molecule has 0 saturated heterocycles. The molecule has 1 amide bonds. The van der Waals surface area contributed by atoms with E-state index in [1.807, 2.05) is 30.3 Å². The van der Waals surface area contributed by atoms with Crippen LogP contribution in [0, 0.1) is 0 Å². The third kappa shape index (κ3) is 3.78. The van der Waals surface area contributed by atoms with Gasteiger partial charge in [-0.3, -0.25) is 9.59 Å². The molecule has 9 heteroatoms. The third-order valence-corrected chi connectivity index (χ3v) is 4.75. The topological polar surface area (TPSA) is 125 Å².